The molecule has 0 aliphatic carbocycles. The first kappa shape index (κ1) is 14.6. The highest BCUT2D eigenvalue weighted by Gasteiger charge is 2.08. The molecular formula is C15H14N6O2. The number of amides is 1. The molecule has 1 amide bonds. The zero-order valence-electron chi connectivity index (χ0n) is 12.2. The molecule has 116 valence electrons. The quantitative estimate of drug-likeness (QED) is 0.679. The van der Waals surface area contributed by atoms with Gasteiger partial charge in [-0.3, -0.25) is 4.79 Å². The van der Waals surface area contributed by atoms with Crippen molar-refractivity contribution in [2.75, 3.05) is 13.2 Å². The van der Waals surface area contributed by atoms with E-state index < -0.39 is 0 Å². The average molecular weight is 310 g/mol. The number of benzene rings is 1. The van der Waals surface area contributed by atoms with E-state index in [-0.39, 0.29) is 11.6 Å². The Morgan fingerprint density at radius 3 is 2.70 bits per heavy atom. The Hall–Kier alpha value is -3.29. The van der Waals surface area contributed by atoms with Crippen LogP contribution in [0.1, 0.15) is 10.5 Å². The largest absolute Gasteiger partial charge is 0.492 e. The standard InChI is InChI=1S/C15H14N6O2/c22-15(17-8-9-23-12-4-2-1-3-5-12)13-6-7-14(20-19-13)21-11-16-10-18-21/h1-7,10-11H,8-9H2,(H,17,22). The smallest absolute Gasteiger partial charge is 0.271 e. The summed E-state index contributed by atoms with van der Waals surface area (Å²) in [6.45, 7) is 0.750. The maximum Gasteiger partial charge on any atom is 0.271 e. The number of hydrogen-bond acceptors (Lipinski definition) is 6. The second-order valence-electron chi connectivity index (χ2n) is 4.53. The van der Waals surface area contributed by atoms with Gasteiger partial charge in [0.15, 0.2) is 11.5 Å². The van der Waals surface area contributed by atoms with Crippen molar-refractivity contribution in [3.8, 4) is 11.6 Å². The highest BCUT2D eigenvalue weighted by Crippen LogP contribution is 2.07. The van der Waals surface area contributed by atoms with Gasteiger partial charge < -0.3 is 10.1 Å². The highest BCUT2D eigenvalue weighted by atomic mass is 16.5. The average Bonchev–Trinajstić information content (AvgIpc) is 3.14. The lowest BCUT2D eigenvalue weighted by atomic mass is 10.3. The van der Waals surface area contributed by atoms with Crippen molar-refractivity contribution in [3.05, 3.63) is 60.8 Å². The number of nitrogens with one attached hydrogen (secondary N) is 1. The van der Waals surface area contributed by atoms with Gasteiger partial charge in [-0.1, -0.05) is 18.2 Å². The van der Waals surface area contributed by atoms with E-state index in [1.165, 1.54) is 17.3 Å². The predicted molar refractivity (Wildman–Crippen MR) is 81.2 cm³/mol. The molecule has 0 saturated heterocycles. The van der Waals surface area contributed by atoms with Gasteiger partial charge in [-0.25, -0.2) is 9.67 Å². The van der Waals surface area contributed by atoms with Crippen LogP contribution in [-0.4, -0.2) is 44.0 Å². The molecule has 0 fully saturated rings. The molecule has 0 aliphatic heterocycles. The Kier molecular flexibility index (Phi) is 4.53. The maximum atomic E-state index is 11.9. The molecule has 3 aromatic rings. The van der Waals surface area contributed by atoms with Crippen molar-refractivity contribution < 1.29 is 9.53 Å². The van der Waals surface area contributed by atoms with Crippen LogP contribution in [0.15, 0.2) is 55.1 Å². The number of carbonyl (C=O) groups is 1. The normalized spacial score (nSPS) is 10.3. The number of ether oxygens (including phenoxy) is 1. The lowest BCUT2D eigenvalue weighted by Gasteiger charge is -2.07. The minimum Gasteiger partial charge on any atom is -0.492 e. The van der Waals surface area contributed by atoms with E-state index in [9.17, 15) is 4.79 Å². The van der Waals surface area contributed by atoms with Crippen molar-refractivity contribution in [1.29, 1.82) is 0 Å². The molecule has 1 aromatic carbocycles. The third kappa shape index (κ3) is 3.88. The molecule has 2 heterocycles. The topological polar surface area (TPSA) is 94.8 Å². The van der Waals surface area contributed by atoms with Gasteiger partial charge in [0.1, 0.15) is 25.0 Å². The Balaban J connectivity index is 1.48. The predicted octanol–water partition coefficient (Wildman–Crippen LogP) is 0.866. The summed E-state index contributed by atoms with van der Waals surface area (Å²) in [6.07, 6.45) is 2.90. The third-order valence-corrected chi connectivity index (χ3v) is 2.94. The molecule has 0 bridgehead atoms. The molecule has 0 saturated carbocycles. The molecule has 1 N–H and O–H groups in total. The molecular weight excluding hydrogens is 296 g/mol. The van der Waals surface area contributed by atoms with E-state index in [0.717, 1.165) is 5.75 Å². The summed E-state index contributed by atoms with van der Waals surface area (Å²) in [4.78, 5) is 15.8. The first-order chi connectivity index (χ1) is 11.3. The third-order valence-electron chi connectivity index (χ3n) is 2.94. The van der Waals surface area contributed by atoms with Crippen LogP contribution >= 0.6 is 0 Å². The van der Waals surface area contributed by atoms with Crippen LogP contribution in [0, 0.1) is 0 Å². The fraction of sp³-hybridized carbons (Fsp3) is 0.133. The van der Waals surface area contributed by atoms with E-state index in [4.69, 9.17) is 4.74 Å². The zero-order valence-corrected chi connectivity index (χ0v) is 12.2. The lowest BCUT2D eigenvalue weighted by Crippen LogP contribution is -2.29. The lowest BCUT2D eigenvalue weighted by molar-refractivity contribution is 0.0941. The number of nitrogens with zero attached hydrogens (tertiary/aromatic N) is 5. The highest BCUT2D eigenvalue weighted by molar-refractivity contribution is 5.92. The molecule has 23 heavy (non-hydrogen) atoms. The Morgan fingerprint density at radius 1 is 1.13 bits per heavy atom. The number of carbonyl (C=O) groups excluding carboxylic acids is 1. The summed E-state index contributed by atoms with van der Waals surface area (Å²) in [5, 5.41) is 14.5. The first-order valence-corrected chi connectivity index (χ1v) is 6.98. The van der Waals surface area contributed by atoms with Crippen LogP contribution in [0.2, 0.25) is 0 Å². The summed E-state index contributed by atoms with van der Waals surface area (Å²) in [7, 11) is 0. The van der Waals surface area contributed by atoms with Gasteiger partial charge in [0, 0.05) is 0 Å². The van der Waals surface area contributed by atoms with Gasteiger partial charge in [-0.15, -0.1) is 10.2 Å². The van der Waals surface area contributed by atoms with Crippen molar-refractivity contribution in [1.82, 2.24) is 30.3 Å². The van der Waals surface area contributed by atoms with Crippen LogP contribution in [0.5, 0.6) is 5.75 Å². The maximum absolute atomic E-state index is 11.9. The SMILES string of the molecule is O=C(NCCOc1ccccc1)c1ccc(-n2cncn2)nn1. The van der Waals surface area contributed by atoms with Crippen molar-refractivity contribution >= 4 is 5.91 Å². The molecule has 0 spiro atoms. The fourth-order valence-corrected chi connectivity index (χ4v) is 1.84. The second-order valence-corrected chi connectivity index (χ2v) is 4.53. The van der Waals surface area contributed by atoms with E-state index in [0.29, 0.717) is 19.0 Å². The summed E-state index contributed by atoms with van der Waals surface area (Å²) in [5.41, 5.74) is 0.230. The van der Waals surface area contributed by atoms with Gasteiger partial charge in [-0.05, 0) is 24.3 Å². The molecule has 0 aliphatic rings. The van der Waals surface area contributed by atoms with Crippen molar-refractivity contribution in [2.24, 2.45) is 0 Å². The summed E-state index contributed by atoms with van der Waals surface area (Å²) < 4.78 is 6.95. The van der Waals surface area contributed by atoms with E-state index >= 15 is 0 Å². The molecule has 3 rings (SSSR count). The van der Waals surface area contributed by atoms with Crippen LogP contribution in [0.25, 0.3) is 5.82 Å². The molecule has 8 nitrogen and oxygen atoms in total. The van der Waals surface area contributed by atoms with Crippen LogP contribution in [0.3, 0.4) is 0 Å². The monoisotopic (exact) mass is 310 g/mol. The Morgan fingerprint density at radius 2 is 2.00 bits per heavy atom. The summed E-state index contributed by atoms with van der Waals surface area (Å²) in [6, 6.07) is 12.6. The minimum atomic E-state index is -0.306. The number of para-hydroxylation sites is 1. The molecule has 8 heteroatoms. The van der Waals surface area contributed by atoms with Gasteiger partial charge >= 0.3 is 0 Å². The summed E-state index contributed by atoms with van der Waals surface area (Å²) >= 11 is 0. The molecule has 0 radical (unpaired) electrons. The van der Waals surface area contributed by atoms with Crippen molar-refractivity contribution in [3.63, 3.8) is 0 Å². The van der Waals surface area contributed by atoms with Crippen LogP contribution in [0.4, 0.5) is 0 Å². The fourth-order valence-electron chi connectivity index (χ4n) is 1.84. The Labute approximate surface area is 132 Å². The second kappa shape index (κ2) is 7.12. The van der Waals surface area contributed by atoms with E-state index in [2.05, 4.69) is 25.6 Å². The zero-order chi connectivity index (χ0) is 15.9. The minimum absolute atomic E-state index is 0.230. The molecule has 0 unspecified atom stereocenters. The van der Waals surface area contributed by atoms with Gasteiger partial charge in [0.25, 0.3) is 5.91 Å². The molecule has 2 aromatic heterocycles. The first-order valence-electron chi connectivity index (χ1n) is 6.98. The van der Waals surface area contributed by atoms with Gasteiger partial charge in [0.2, 0.25) is 0 Å². The number of hydrogen-bond donors (Lipinski definition) is 1. The van der Waals surface area contributed by atoms with Crippen LogP contribution < -0.4 is 10.1 Å². The van der Waals surface area contributed by atoms with E-state index in [1.807, 2.05) is 30.3 Å². The van der Waals surface area contributed by atoms with Gasteiger partial charge in [0.05, 0.1) is 6.54 Å². The molecule has 0 atom stereocenters. The van der Waals surface area contributed by atoms with E-state index in [1.54, 1.807) is 12.1 Å². The van der Waals surface area contributed by atoms with Crippen molar-refractivity contribution in [2.45, 2.75) is 0 Å². The Bertz CT molecular complexity index is 743. The number of rotatable bonds is 6. The van der Waals surface area contributed by atoms with Crippen LogP contribution in [-0.2, 0) is 0 Å². The van der Waals surface area contributed by atoms with Gasteiger partial charge in [-0.2, -0.15) is 5.10 Å². The summed E-state index contributed by atoms with van der Waals surface area (Å²) in [5.74, 6) is 0.949. The number of aromatic nitrogens is 5.